The molecule has 0 aliphatic rings. The van der Waals surface area contributed by atoms with E-state index in [0.29, 0.717) is 23.2 Å². The Morgan fingerprint density at radius 1 is 1.07 bits per heavy atom. The van der Waals surface area contributed by atoms with Gasteiger partial charge in [0.05, 0.1) is 4.92 Å². The topological polar surface area (TPSA) is 93.0 Å². The van der Waals surface area contributed by atoms with Crippen molar-refractivity contribution in [2.75, 3.05) is 10.6 Å². The van der Waals surface area contributed by atoms with E-state index in [4.69, 9.17) is 11.6 Å². The van der Waals surface area contributed by atoms with Crippen LogP contribution in [0.15, 0.2) is 54.9 Å². The van der Waals surface area contributed by atoms with Crippen LogP contribution in [0, 0.1) is 10.1 Å². The minimum absolute atomic E-state index is 0.124. The van der Waals surface area contributed by atoms with Crippen molar-refractivity contribution in [3.8, 4) is 0 Å². The molecule has 0 saturated carbocycles. The zero-order valence-electron chi connectivity index (χ0n) is 15.5. The molecule has 0 fully saturated rings. The van der Waals surface area contributed by atoms with Gasteiger partial charge < -0.3 is 10.6 Å². The molecule has 3 rings (SSSR count). The Labute approximate surface area is 168 Å². The highest BCUT2D eigenvalue weighted by Gasteiger charge is 2.23. The Hall–Kier alpha value is -3.19. The highest BCUT2D eigenvalue weighted by Crippen LogP contribution is 2.32. The van der Waals surface area contributed by atoms with Crippen molar-refractivity contribution in [3.05, 3.63) is 81.1 Å². The van der Waals surface area contributed by atoms with Crippen LogP contribution in [0.4, 0.5) is 23.0 Å². The second kappa shape index (κ2) is 8.67. The maximum Gasteiger partial charge on any atom is 0.353 e. The molecular weight excluding hydrogens is 378 g/mol. The molecule has 7 nitrogen and oxygen atoms in total. The molecular formula is C20H20ClN5O2. The van der Waals surface area contributed by atoms with Gasteiger partial charge in [-0.1, -0.05) is 55.8 Å². The van der Waals surface area contributed by atoms with Crippen molar-refractivity contribution in [2.45, 2.75) is 26.3 Å². The summed E-state index contributed by atoms with van der Waals surface area (Å²) >= 11 is 6.15. The standard InChI is InChI=1S/C20H20ClN5O2/c1-13(2)14-7-9-16(10-8-14)25-20-18(26(27)28)19(23-12-24-20)22-11-15-5-3-4-6-17(15)21/h3-10,12-13H,11H2,1-2H3,(H2,22,23,24,25). The Balaban J connectivity index is 1.85. The second-order valence-corrected chi connectivity index (χ2v) is 6.93. The predicted octanol–water partition coefficient (Wildman–Crippen LogP) is 5.52. The van der Waals surface area contributed by atoms with Gasteiger partial charge in [0.25, 0.3) is 0 Å². The molecule has 0 aliphatic carbocycles. The second-order valence-electron chi connectivity index (χ2n) is 6.52. The molecule has 3 aromatic rings. The van der Waals surface area contributed by atoms with Crippen molar-refractivity contribution in [1.29, 1.82) is 0 Å². The van der Waals surface area contributed by atoms with Crippen LogP contribution in [0.1, 0.15) is 30.9 Å². The van der Waals surface area contributed by atoms with Gasteiger partial charge in [-0.15, -0.1) is 0 Å². The summed E-state index contributed by atoms with van der Waals surface area (Å²) in [6, 6.07) is 15.0. The average molecular weight is 398 g/mol. The fourth-order valence-corrected chi connectivity index (χ4v) is 2.88. The van der Waals surface area contributed by atoms with E-state index in [0.717, 1.165) is 5.56 Å². The summed E-state index contributed by atoms with van der Waals surface area (Å²) in [5.74, 6) is 0.656. The lowest BCUT2D eigenvalue weighted by Gasteiger charge is -2.11. The number of nitrogens with one attached hydrogen (secondary N) is 2. The van der Waals surface area contributed by atoms with E-state index in [1.165, 1.54) is 11.9 Å². The van der Waals surface area contributed by atoms with E-state index in [9.17, 15) is 10.1 Å². The van der Waals surface area contributed by atoms with Crippen molar-refractivity contribution in [3.63, 3.8) is 0 Å². The largest absolute Gasteiger partial charge is 0.360 e. The Morgan fingerprint density at radius 3 is 2.39 bits per heavy atom. The van der Waals surface area contributed by atoms with Gasteiger partial charge in [-0.3, -0.25) is 10.1 Å². The smallest absolute Gasteiger partial charge is 0.353 e. The zero-order valence-corrected chi connectivity index (χ0v) is 16.3. The van der Waals surface area contributed by atoms with Crippen LogP contribution in [0.25, 0.3) is 0 Å². The molecule has 2 aromatic carbocycles. The van der Waals surface area contributed by atoms with Gasteiger partial charge >= 0.3 is 5.69 Å². The number of rotatable bonds is 7. The Morgan fingerprint density at radius 2 is 1.75 bits per heavy atom. The molecule has 0 bridgehead atoms. The summed E-state index contributed by atoms with van der Waals surface area (Å²) in [4.78, 5) is 19.3. The molecule has 1 heterocycles. The van der Waals surface area contributed by atoms with Crippen molar-refractivity contribution in [1.82, 2.24) is 9.97 Å². The van der Waals surface area contributed by atoms with E-state index in [2.05, 4.69) is 34.4 Å². The molecule has 0 saturated heterocycles. The van der Waals surface area contributed by atoms with Crippen LogP contribution in [0.2, 0.25) is 5.02 Å². The molecule has 28 heavy (non-hydrogen) atoms. The van der Waals surface area contributed by atoms with Gasteiger partial charge in [0.15, 0.2) is 0 Å². The van der Waals surface area contributed by atoms with Crippen LogP contribution >= 0.6 is 11.6 Å². The highest BCUT2D eigenvalue weighted by atomic mass is 35.5. The third kappa shape index (κ3) is 4.55. The fourth-order valence-electron chi connectivity index (χ4n) is 2.68. The highest BCUT2D eigenvalue weighted by molar-refractivity contribution is 6.31. The van der Waals surface area contributed by atoms with Gasteiger partial charge in [0.1, 0.15) is 6.33 Å². The van der Waals surface area contributed by atoms with Crippen molar-refractivity contribution in [2.24, 2.45) is 0 Å². The third-order valence-corrected chi connectivity index (χ3v) is 4.62. The molecule has 0 radical (unpaired) electrons. The van der Waals surface area contributed by atoms with Crippen LogP contribution < -0.4 is 10.6 Å². The molecule has 0 unspecified atom stereocenters. The predicted molar refractivity (Wildman–Crippen MR) is 111 cm³/mol. The third-order valence-electron chi connectivity index (χ3n) is 4.25. The first kappa shape index (κ1) is 19.6. The molecule has 1 aromatic heterocycles. The van der Waals surface area contributed by atoms with Gasteiger partial charge in [0, 0.05) is 17.3 Å². The molecule has 144 valence electrons. The van der Waals surface area contributed by atoms with Crippen molar-refractivity contribution < 1.29 is 4.92 Å². The van der Waals surface area contributed by atoms with E-state index in [-0.39, 0.29) is 17.3 Å². The summed E-state index contributed by atoms with van der Waals surface area (Å²) in [5.41, 5.74) is 2.49. The lowest BCUT2D eigenvalue weighted by molar-refractivity contribution is -0.383. The molecule has 8 heteroatoms. The number of hydrogen-bond donors (Lipinski definition) is 2. The molecule has 2 N–H and O–H groups in total. The average Bonchev–Trinajstić information content (AvgIpc) is 2.67. The molecule has 0 amide bonds. The summed E-state index contributed by atoms with van der Waals surface area (Å²) in [5, 5.41) is 18.2. The monoisotopic (exact) mass is 397 g/mol. The number of aromatic nitrogens is 2. The molecule has 0 atom stereocenters. The van der Waals surface area contributed by atoms with Crippen LogP contribution in [-0.2, 0) is 6.54 Å². The van der Waals surface area contributed by atoms with Gasteiger partial charge in [-0.05, 0) is 35.2 Å². The molecule has 0 spiro atoms. The first-order valence-electron chi connectivity index (χ1n) is 8.79. The number of nitrogens with zero attached hydrogens (tertiary/aromatic N) is 3. The van der Waals surface area contributed by atoms with Crippen LogP contribution in [0.5, 0.6) is 0 Å². The quantitative estimate of drug-likeness (QED) is 0.403. The summed E-state index contributed by atoms with van der Waals surface area (Å²) in [7, 11) is 0. The first-order valence-corrected chi connectivity index (χ1v) is 9.17. The lowest BCUT2D eigenvalue weighted by Crippen LogP contribution is -2.08. The maximum absolute atomic E-state index is 11.7. The van der Waals surface area contributed by atoms with Gasteiger partial charge in [0.2, 0.25) is 11.6 Å². The van der Waals surface area contributed by atoms with Crippen molar-refractivity contribution >= 4 is 34.6 Å². The maximum atomic E-state index is 11.7. The number of halogens is 1. The minimum Gasteiger partial charge on any atom is -0.360 e. The SMILES string of the molecule is CC(C)c1ccc(Nc2ncnc(NCc3ccccc3Cl)c2[N+](=O)[O-])cc1. The van der Waals surface area contributed by atoms with E-state index < -0.39 is 4.92 Å². The summed E-state index contributed by atoms with van der Waals surface area (Å²) in [6.07, 6.45) is 1.28. The van der Waals surface area contributed by atoms with E-state index in [1.807, 2.05) is 42.5 Å². The summed E-state index contributed by atoms with van der Waals surface area (Å²) < 4.78 is 0. The number of nitro groups is 1. The zero-order chi connectivity index (χ0) is 20.1. The van der Waals surface area contributed by atoms with E-state index >= 15 is 0 Å². The van der Waals surface area contributed by atoms with E-state index in [1.54, 1.807) is 6.07 Å². The Kier molecular flexibility index (Phi) is 6.06. The lowest BCUT2D eigenvalue weighted by atomic mass is 10.0. The fraction of sp³-hybridized carbons (Fsp3) is 0.200. The van der Waals surface area contributed by atoms with Crippen LogP contribution in [-0.4, -0.2) is 14.9 Å². The first-order chi connectivity index (χ1) is 13.5. The van der Waals surface area contributed by atoms with Gasteiger partial charge in [-0.2, -0.15) is 0 Å². The number of hydrogen-bond acceptors (Lipinski definition) is 6. The van der Waals surface area contributed by atoms with Gasteiger partial charge in [-0.25, -0.2) is 9.97 Å². The normalized spacial score (nSPS) is 10.7. The minimum atomic E-state index is -0.500. The number of benzene rings is 2. The molecule has 0 aliphatic heterocycles. The van der Waals surface area contributed by atoms with Crippen LogP contribution in [0.3, 0.4) is 0 Å². The number of anilines is 3. The summed E-state index contributed by atoms with van der Waals surface area (Å²) in [6.45, 7) is 4.52. The Bertz CT molecular complexity index is 977.